The molecule has 9 N–H and O–H groups in total. The highest BCUT2D eigenvalue weighted by atomic mass is 16.2. The number of nitrogens with one attached hydrogen (secondary N) is 3. The van der Waals surface area contributed by atoms with E-state index in [-0.39, 0.29) is 34.9 Å². The molecule has 1 amide bonds. The molecule has 0 aromatic carbocycles. The molecule has 9 nitrogen and oxygen atoms in total. The Labute approximate surface area is 194 Å². The van der Waals surface area contributed by atoms with Crippen LogP contribution in [-0.4, -0.2) is 49.8 Å². The van der Waals surface area contributed by atoms with Gasteiger partial charge in [-0.25, -0.2) is 0 Å². The van der Waals surface area contributed by atoms with Gasteiger partial charge in [0.2, 0.25) is 0 Å². The molecule has 1 aliphatic rings. The molecule has 9 heteroatoms. The molecule has 184 valence electrons. The van der Waals surface area contributed by atoms with Crippen LogP contribution >= 0.6 is 0 Å². The number of hydrogen-bond donors (Lipinski definition) is 6. The fourth-order valence-electron chi connectivity index (χ4n) is 4.19. The summed E-state index contributed by atoms with van der Waals surface area (Å²) in [7, 11) is 3.36. The van der Waals surface area contributed by atoms with Gasteiger partial charge in [-0.1, -0.05) is 34.1 Å². The minimum Gasteiger partial charge on any atom is -0.394 e. The lowest BCUT2D eigenvalue weighted by molar-refractivity contribution is -0.120. The maximum absolute atomic E-state index is 13.2. The lowest BCUT2D eigenvalue weighted by atomic mass is 9.79. The van der Waals surface area contributed by atoms with Crippen molar-refractivity contribution in [3.63, 3.8) is 0 Å². The maximum Gasteiger partial charge on any atom is 0.268 e. The molecule has 0 spiro atoms. The number of hydrazine groups is 1. The normalized spacial score (nSPS) is 26.2. The lowest BCUT2D eigenvalue weighted by Gasteiger charge is -2.37. The van der Waals surface area contributed by atoms with Gasteiger partial charge in [-0.2, -0.15) is 0 Å². The van der Waals surface area contributed by atoms with Gasteiger partial charge in [0.05, 0.1) is 11.6 Å². The summed E-state index contributed by atoms with van der Waals surface area (Å²) in [6.45, 7) is 11.4. The van der Waals surface area contributed by atoms with Crippen molar-refractivity contribution in [2.45, 2.75) is 78.3 Å². The molecule has 1 aliphatic carbocycles. The van der Waals surface area contributed by atoms with Crippen LogP contribution in [0.1, 0.15) is 66.7 Å². The highest BCUT2D eigenvalue weighted by molar-refractivity contribution is 6.25. The molecule has 0 bridgehead atoms. The Morgan fingerprint density at radius 3 is 2.34 bits per heavy atom. The molecule has 32 heavy (non-hydrogen) atoms. The Bertz CT molecular complexity index is 717. The van der Waals surface area contributed by atoms with Crippen molar-refractivity contribution in [2.75, 3.05) is 20.6 Å². The highest BCUT2D eigenvalue weighted by Gasteiger charge is 2.33. The highest BCUT2D eigenvalue weighted by Crippen LogP contribution is 2.31. The first-order chi connectivity index (χ1) is 15.0. The van der Waals surface area contributed by atoms with Crippen molar-refractivity contribution in [3.8, 4) is 0 Å². The molecule has 0 aliphatic heterocycles. The molecule has 1 rings (SSSR count). The van der Waals surface area contributed by atoms with Crippen LogP contribution < -0.4 is 33.4 Å². The van der Waals surface area contributed by atoms with E-state index >= 15 is 0 Å². The van der Waals surface area contributed by atoms with Gasteiger partial charge in [0.1, 0.15) is 17.4 Å². The third-order valence-corrected chi connectivity index (χ3v) is 7.20. The Morgan fingerprint density at radius 2 is 1.81 bits per heavy atom. The topological polar surface area (TPSA) is 156 Å². The van der Waals surface area contributed by atoms with Gasteiger partial charge in [-0.3, -0.25) is 25.6 Å². The van der Waals surface area contributed by atoms with Crippen molar-refractivity contribution < 1.29 is 4.79 Å². The van der Waals surface area contributed by atoms with Crippen LogP contribution in [0.3, 0.4) is 0 Å². The van der Waals surface area contributed by atoms with Gasteiger partial charge in [-0.05, 0) is 57.4 Å². The summed E-state index contributed by atoms with van der Waals surface area (Å²) >= 11 is 0. The molecule has 0 aromatic heterocycles. The summed E-state index contributed by atoms with van der Waals surface area (Å²) in [6.07, 6.45) is 4.64. The number of carbonyl (C=O) groups is 1. The van der Waals surface area contributed by atoms with E-state index in [0.717, 1.165) is 32.1 Å². The van der Waals surface area contributed by atoms with Gasteiger partial charge in [0.25, 0.3) is 5.91 Å². The molecular formula is C23H46N8O. The monoisotopic (exact) mass is 450 g/mol. The predicted molar refractivity (Wildman–Crippen MR) is 134 cm³/mol. The Kier molecular flexibility index (Phi) is 11.2. The van der Waals surface area contributed by atoms with Crippen molar-refractivity contribution in [3.05, 3.63) is 11.3 Å². The average molecular weight is 451 g/mol. The Hall–Kier alpha value is -2.13. The average Bonchev–Trinajstić information content (AvgIpc) is 2.75. The summed E-state index contributed by atoms with van der Waals surface area (Å²) in [5.41, 5.74) is 24.5. The second kappa shape index (κ2) is 12.8. The minimum absolute atomic E-state index is 0.0531. The van der Waals surface area contributed by atoms with Crippen LogP contribution in [0, 0.1) is 17.8 Å². The van der Waals surface area contributed by atoms with E-state index in [0.29, 0.717) is 18.4 Å². The van der Waals surface area contributed by atoms with Gasteiger partial charge in [0.15, 0.2) is 0 Å². The zero-order chi connectivity index (χ0) is 24.5. The van der Waals surface area contributed by atoms with Crippen LogP contribution in [0.4, 0.5) is 0 Å². The summed E-state index contributed by atoms with van der Waals surface area (Å²) in [5.74, 6) is 1.34. The molecule has 0 heterocycles. The van der Waals surface area contributed by atoms with Gasteiger partial charge in [0, 0.05) is 19.1 Å². The molecule has 0 saturated heterocycles. The van der Waals surface area contributed by atoms with Crippen LogP contribution in [-0.2, 0) is 4.79 Å². The number of amidine groups is 2. The first kappa shape index (κ1) is 27.9. The number of aliphatic imine (C=N–C) groups is 2. The van der Waals surface area contributed by atoms with Crippen molar-refractivity contribution in [1.29, 1.82) is 0 Å². The maximum atomic E-state index is 13.2. The number of nitrogens with zero attached hydrogens (tertiary/aromatic N) is 2. The number of carbonyl (C=O) groups excluding carboxylic acids is 1. The van der Waals surface area contributed by atoms with Crippen molar-refractivity contribution >= 4 is 17.6 Å². The molecule has 1 saturated carbocycles. The van der Waals surface area contributed by atoms with E-state index in [9.17, 15) is 4.79 Å². The standard InChI is InChI=1S/C23H46N8O/c1-8-16(4)23(5,11-12-29-28-7)31-22(32)19(24)18(20(25)27-6)21(26)30-17-10-9-14(2)15(3)13-17/h14-17,28-29H,8-13,24H2,1-7H3,(H2,25,27)(H2,26,30)(H,31,32). The summed E-state index contributed by atoms with van der Waals surface area (Å²) < 4.78 is 0. The minimum atomic E-state index is -0.468. The van der Waals surface area contributed by atoms with Crippen LogP contribution in [0.15, 0.2) is 21.3 Å². The fraction of sp³-hybridized carbons (Fsp3) is 0.783. The van der Waals surface area contributed by atoms with E-state index < -0.39 is 11.4 Å². The third-order valence-electron chi connectivity index (χ3n) is 7.20. The zero-order valence-corrected chi connectivity index (χ0v) is 21.1. The van der Waals surface area contributed by atoms with Crippen LogP contribution in [0.5, 0.6) is 0 Å². The quantitative estimate of drug-likeness (QED) is 0.0918. The fourth-order valence-corrected chi connectivity index (χ4v) is 4.19. The van der Waals surface area contributed by atoms with Crippen molar-refractivity contribution in [2.24, 2.45) is 44.9 Å². The molecular weight excluding hydrogens is 404 g/mol. The first-order valence-electron chi connectivity index (χ1n) is 11.8. The van der Waals surface area contributed by atoms with Crippen LogP contribution in [0.25, 0.3) is 0 Å². The smallest absolute Gasteiger partial charge is 0.268 e. The number of amides is 1. The summed E-state index contributed by atoms with van der Waals surface area (Å²) in [5, 5.41) is 3.12. The van der Waals surface area contributed by atoms with Crippen molar-refractivity contribution in [1.82, 2.24) is 16.2 Å². The van der Waals surface area contributed by atoms with Crippen LogP contribution in [0.2, 0.25) is 0 Å². The van der Waals surface area contributed by atoms with E-state index in [1.165, 1.54) is 0 Å². The third kappa shape index (κ3) is 7.48. The molecule has 5 atom stereocenters. The Morgan fingerprint density at radius 1 is 1.16 bits per heavy atom. The molecule has 0 aromatic rings. The largest absolute Gasteiger partial charge is 0.394 e. The SMILES string of the molecule is CCC(C)C(C)(CCNNC)NC(=O)C(N)=C(C(N)=NC)C(N)=NC1CCC(C)C(C)C1. The number of nitrogens with two attached hydrogens (primary N) is 3. The van der Waals surface area contributed by atoms with E-state index in [4.69, 9.17) is 22.2 Å². The zero-order valence-electron chi connectivity index (χ0n) is 21.1. The van der Waals surface area contributed by atoms with E-state index in [2.05, 4.69) is 48.9 Å². The number of hydrogen-bond acceptors (Lipinski definition) is 6. The second-order valence-corrected chi connectivity index (χ2v) is 9.44. The predicted octanol–water partition coefficient (Wildman–Crippen LogP) is 1.40. The summed E-state index contributed by atoms with van der Waals surface area (Å²) in [6, 6.07) is 0.0923. The van der Waals surface area contributed by atoms with Gasteiger partial charge in [-0.15, -0.1) is 0 Å². The molecule has 1 fully saturated rings. The molecule has 5 unspecified atom stereocenters. The van der Waals surface area contributed by atoms with Gasteiger partial charge < -0.3 is 22.5 Å². The first-order valence-corrected chi connectivity index (χ1v) is 11.8. The Balaban J connectivity index is 3.21. The van der Waals surface area contributed by atoms with E-state index in [1.54, 1.807) is 7.05 Å². The number of rotatable bonds is 11. The summed E-state index contributed by atoms with van der Waals surface area (Å²) in [4.78, 5) is 22.0. The molecule has 0 radical (unpaired) electrons. The second-order valence-electron chi connectivity index (χ2n) is 9.44. The lowest BCUT2D eigenvalue weighted by Crippen LogP contribution is -2.54. The van der Waals surface area contributed by atoms with E-state index in [1.807, 2.05) is 14.0 Å². The van der Waals surface area contributed by atoms with Gasteiger partial charge >= 0.3 is 0 Å².